The van der Waals surface area contributed by atoms with Crippen molar-refractivity contribution < 1.29 is 31.1 Å². The molecule has 33 heavy (non-hydrogen) atoms. The van der Waals surface area contributed by atoms with Gasteiger partial charge in [0, 0.05) is 17.7 Å². The van der Waals surface area contributed by atoms with Crippen LogP contribution in [0.3, 0.4) is 0 Å². The highest BCUT2D eigenvalue weighted by molar-refractivity contribution is 7.93. The number of aromatic nitrogens is 2. The van der Waals surface area contributed by atoms with E-state index < -0.39 is 37.9 Å². The fraction of sp³-hybridized carbons (Fsp3) is 0.400. The van der Waals surface area contributed by atoms with Gasteiger partial charge < -0.3 is 15.8 Å². The molecule has 2 aliphatic heterocycles. The molecular formula is C20H20F3N5O4S. The van der Waals surface area contributed by atoms with Crippen molar-refractivity contribution in [3.8, 4) is 5.75 Å². The zero-order valence-electron chi connectivity index (χ0n) is 17.6. The number of amides is 1. The molecule has 1 atom stereocenters. The van der Waals surface area contributed by atoms with Crippen molar-refractivity contribution in [3.05, 3.63) is 47.5 Å². The molecule has 9 nitrogen and oxygen atoms in total. The van der Waals surface area contributed by atoms with Crippen LogP contribution >= 0.6 is 0 Å². The molecule has 13 heteroatoms. The van der Waals surface area contributed by atoms with Crippen molar-refractivity contribution in [2.75, 3.05) is 17.7 Å². The Morgan fingerprint density at radius 2 is 1.94 bits per heavy atom. The molecule has 4 rings (SSSR count). The van der Waals surface area contributed by atoms with E-state index in [-0.39, 0.29) is 36.0 Å². The van der Waals surface area contributed by atoms with E-state index in [1.54, 1.807) is 6.07 Å². The molecule has 2 aromatic rings. The number of anilines is 1. The van der Waals surface area contributed by atoms with Crippen LogP contribution in [-0.4, -0.2) is 47.2 Å². The van der Waals surface area contributed by atoms with Crippen molar-refractivity contribution in [3.63, 3.8) is 0 Å². The van der Waals surface area contributed by atoms with Gasteiger partial charge in [-0.05, 0) is 32.0 Å². The first-order valence-corrected chi connectivity index (χ1v) is 11.5. The molecule has 0 saturated carbocycles. The summed E-state index contributed by atoms with van der Waals surface area (Å²) < 4.78 is 68.3. The van der Waals surface area contributed by atoms with Gasteiger partial charge in [0.05, 0.1) is 24.8 Å². The molecule has 0 radical (unpaired) electrons. The summed E-state index contributed by atoms with van der Waals surface area (Å²) >= 11 is 0. The van der Waals surface area contributed by atoms with Crippen LogP contribution in [0.4, 0.5) is 18.9 Å². The SMILES string of the molecule is CC1(C)C(N)=NC2(CCOc3ccc(NC(=O)c4cnc(C(F)(F)F)cn4)cc32)CS1(=O)=O. The molecule has 176 valence electrons. The molecule has 0 bridgehead atoms. The number of nitrogens with two attached hydrogens (primary N) is 1. The molecule has 1 aromatic carbocycles. The summed E-state index contributed by atoms with van der Waals surface area (Å²) in [5.41, 5.74) is 4.02. The Morgan fingerprint density at radius 1 is 1.21 bits per heavy atom. The minimum Gasteiger partial charge on any atom is -0.493 e. The number of nitrogens with zero attached hydrogens (tertiary/aromatic N) is 3. The standard InChI is InChI=1S/C20H20F3N5O4S/c1-18(2)17(24)28-19(10-33(18,30)31)5-6-32-14-4-3-11(7-12(14)19)27-16(29)13-8-26-15(9-25-13)20(21,22)23/h3-4,7-9H,5-6,10H2,1-2H3,(H2,24,28)(H,27,29). The molecule has 3 heterocycles. The molecule has 1 amide bonds. The highest BCUT2D eigenvalue weighted by Gasteiger charge is 2.52. The minimum atomic E-state index is -4.67. The maximum atomic E-state index is 13.0. The number of nitrogens with one attached hydrogen (secondary N) is 1. The first-order valence-electron chi connectivity index (χ1n) is 9.81. The van der Waals surface area contributed by atoms with Gasteiger partial charge >= 0.3 is 6.18 Å². The van der Waals surface area contributed by atoms with Crippen molar-refractivity contribution in [2.24, 2.45) is 10.7 Å². The summed E-state index contributed by atoms with van der Waals surface area (Å²) in [5.74, 6) is -0.690. The Hall–Kier alpha value is -3.22. The fourth-order valence-corrected chi connectivity index (χ4v) is 5.38. The first-order chi connectivity index (χ1) is 15.3. The molecule has 0 saturated heterocycles. The predicted molar refractivity (Wildman–Crippen MR) is 113 cm³/mol. The summed E-state index contributed by atoms with van der Waals surface area (Å²) in [7, 11) is -3.66. The number of sulfone groups is 1. The predicted octanol–water partition coefficient (Wildman–Crippen LogP) is 2.29. The topological polar surface area (TPSA) is 137 Å². The Morgan fingerprint density at radius 3 is 2.55 bits per heavy atom. The maximum absolute atomic E-state index is 13.0. The van der Waals surface area contributed by atoms with Crippen LogP contribution < -0.4 is 15.8 Å². The Balaban J connectivity index is 1.67. The number of amidine groups is 1. The number of carbonyl (C=O) groups excluding carboxylic acids is 1. The number of benzene rings is 1. The molecule has 0 fully saturated rings. The van der Waals surface area contributed by atoms with Gasteiger partial charge in [0.15, 0.2) is 15.5 Å². The Bertz CT molecular complexity index is 1260. The summed E-state index contributed by atoms with van der Waals surface area (Å²) in [6, 6.07) is 4.60. The molecule has 1 spiro atoms. The smallest absolute Gasteiger partial charge is 0.434 e. The zero-order valence-corrected chi connectivity index (χ0v) is 18.4. The van der Waals surface area contributed by atoms with Gasteiger partial charge in [0.1, 0.15) is 27.6 Å². The van der Waals surface area contributed by atoms with Crippen LogP contribution in [0.5, 0.6) is 5.75 Å². The number of halogens is 3. The second-order valence-electron chi connectivity index (χ2n) is 8.35. The van der Waals surface area contributed by atoms with Crippen LogP contribution in [0.25, 0.3) is 0 Å². The maximum Gasteiger partial charge on any atom is 0.434 e. The van der Waals surface area contributed by atoms with E-state index in [4.69, 9.17) is 10.5 Å². The van der Waals surface area contributed by atoms with Crippen molar-refractivity contribution >= 4 is 27.3 Å². The largest absolute Gasteiger partial charge is 0.493 e. The Kier molecular flexibility index (Phi) is 5.15. The molecule has 1 aromatic heterocycles. The number of hydrogen-bond donors (Lipinski definition) is 2. The van der Waals surface area contributed by atoms with E-state index >= 15 is 0 Å². The first kappa shape index (κ1) is 23.0. The lowest BCUT2D eigenvalue weighted by Crippen LogP contribution is -2.56. The van der Waals surface area contributed by atoms with Crippen molar-refractivity contribution in [1.29, 1.82) is 0 Å². The normalized spacial score (nSPS) is 23.2. The second kappa shape index (κ2) is 7.40. The summed E-state index contributed by atoms with van der Waals surface area (Å²) in [5, 5.41) is 2.53. The van der Waals surface area contributed by atoms with E-state index in [1.165, 1.54) is 26.0 Å². The third-order valence-electron chi connectivity index (χ3n) is 5.84. The lowest BCUT2D eigenvalue weighted by Gasteiger charge is -2.42. The molecule has 1 unspecified atom stereocenters. The van der Waals surface area contributed by atoms with Crippen molar-refractivity contribution in [1.82, 2.24) is 9.97 Å². The number of ether oxygens (including phenoxy) is 1. The number of alkyl halides is 3. The van der Waals surface area contributed by atoms with Gasteiger partial charge in [0.25, 0.3) is 5.91 Å². The van der Waals surface area contributed by atoms with E-state index in [9.17, 15) is 26.4 Å². The van der Waals surface area contributed by atoms with Gasteiger partial charge in [-0.25, -0.2) is 18.4 Å². The van der Waals surface area contributed by atoms with Crippen LogP contribution in [-0.2, 0) is 21.6 Å². The molecular weight excluding hydrogens is 463 g/mol. The number of aliphatic imine (C=N–C) groups is 1. The van der Waals surface area contributed by atoms with Gasteiger partial charge in [-0.15, -0.1) is 0 Å². The molecule has 0 aliphatic carbocycles. The highest BCUT2D eigenvalue weighted by Crippen LogP contribution is 2.46. The second-order valence-corrected chi connectivity index (χ2v) is 10.9. The third kappa shape index (κ3) is 3.90. The molecule has 2 aliphatic rings. The van der Waals surface area contributed by atoms with E-state index in [1.807, 2.05) is 0 Å². The van der Waals surface area contributed by atoms with Crippen LogP contribution in [0, 0.1) is 0 Å². The zero-order chi connectivity index (χ0) is 24.2. The highest BCUT2D eigenvalue weighted by atomic mass is 32.2. The van der Waals surface area contributed by atoms with Gasteiger partial charge in [-0.3, -0.25) is 9.79 Å². The van der Waals surface area contributed by atoms with E-state index in [0.29, 0.717) is 17.5 Å². The third-order valence-corrected chi connectivity index (χ3v) is 8.47. The van der Waals surface area contributed by atoms with Gasteiger partial charge in [-0.2, -0.15) is 13.2 Å². The van der Waals surface area contributed by atoms with E-state index in [0.717, 1.165) is 6.20 Å². The summed E-state index contributed by atoms with van der Waals surface area (Å²) in [6.45, 7) is 3.22. The number of rotatable bonds is 2. The average Bonchev–Trinajstić information content (AvgIpc) is 2.72. The number of carbonyl (C=O) groups is 1. The number of hydrogen-bond acceptors (Lipinski definition) is 8. The van der Waals surface area contributed by atoms with Crippen LogP contribution in [0.1, 0.15) is 42.0 Å². The van der Waals surface area contributed by atoms with E-state index in [2.05, 4.69) is 20.3 Å². The fourth-order valence-electron chi connectivity index (χ4n) is 3.67. The quantitative estimate of drug-likeness (QED) is 0.669. The summed E-state index contributed by atoms with van der Waals surface area (Å²) in [6.07, 6.45) is -3.22. The van der Waals surface area contributed by atoms with Crippen LogP contribution in [0.2, 0.25) is 0 Å². The lowest BCUT2D eigenvalue weighted by molar-refractivity contribution is -0.141. The molecule has 3 N–H and O–H groups in total. The Labute approximate surface area is 187 Å². The minimum absolute atomic E-state index is 0.0175. The van der Waals surface area contributed by atoms with Gasteiger partial charge in [0.2, 0.25) is 0 Å². The van der Waals surface area contributed by atoms with Gasteiger partial charge in [-0.1, -0.05) is 0 Å². The average molecular weight is 483 g/mol. The number of fused-ring (bicyclic) bond motifs is 2. The monoisotopic (exact) mass is 483 g/mol. The summed E-state index contributed by atoms with van der Waals surface area (Å²) in [4.78, 5) is 23.8. The van der Waals surface area contributed by atoms with Crippen molar-refractivity contribution in [2.45, 2.75) is 36.7 Å². The van der Waals surface area contributed by atoms with Crippen LogP contribution in [0.15, 0.2) is 35.6 Å². The lowest BCUT2D eigenvalue weighted by atomic mass is 9.85.